The van der Waals surface area contributed by atoms with Crippen molar-refractivity contribution in [3.8, 4) is 11.5 Å². The van der Waals surface area contributed by atoms with Gasteiger partial charge in [-0.05, 0) is 61.3 Å². The number of hydrogen-bond donors (Lipinski definition) is 1. The zero-order valence-electron chi connectivity index (χ0n) is 20.6. The number of ether oxygens (including phenoxy) is 3. The maximum atomic E-state index is 13.4. The summed E-state index contributed by atoms with van der Waals surface area (Å²) in [5.74, 6) is 1.09. The van der Waals surface area contributed by atoms with Crippen molar-refractivity contribution < 1.29 is 23.8 Å². The molecule has 2 amide bonds. The van der Waals surface area contributed by atoms with Crippen LogP contribution < -0.4 is 19.7 Å². The first kappa shape index (κ1) is 25.0. The number of carbonyl (C=O) groups is 2. The summed E-state index contributed by atoms with van der Waals surface area (Å²) in [6, 6.07) is 14.6. The first-order chi connectivity index (χ1) is 17.1. The molecule has 2 unspecified atom stereocenters. The van der Waals surface area contributed by atoms with Crippen LogP contribution in [-0.4, -0.2) is 70.3 Å². The molecule has 0 bridgehead atoms. The number of benzene rings is 2. The van der Waals surface area contributed by atoms with Gasteiger partial charge in [0.25, 0.3) is 0 Å². The van der Waals surface area contributed by atoms with Gasteiger partial charge in [-0.15, -0.1) is 0 Å². The predicted molar refractivity (Wildman–Crippen MR) is 134 cm³/mol. The summed E-state index contributed by atoms with van der Waals surface area (Å²) in [5, 5.41) is 3.14. The molecule has 2 fully saturated rings. The van der Waals surface area contributed by atoms with Crippen LogP contribution in [0.2, 0.25) is 0 Å². The molecule has 188 valence electrons. The van der Waals surface area contributed by atoms with E-state index in [2.05, 4.69) is 10.2 Å². The van der Waals surface area contributed by atoms with Gasteiger partial charge in [-0.2, -0.15) is 0 Å². The van der Waals surface area contributed by atoms with E-state index in [-0.39, 0.29) is 17.7 Å². The highest BCUT2D eigenvalue weighted by molar-refractivity contribution is 5.97. The van der Waals surface area contributed by atoms with Crippen LogP contribution in [0, 0.1) is 5.92 Å². The monoisotopic (exact) mass is 481 g/mol. The Morgan fingerprint density at radius 1 is 1.00 bits per heavy atom. The average Bonchev–Trinajstić information content (AvgIpc) is 2.91. The number of piperidine rings is 1. The summed E-state index contributed by atoms with van der Waals surface area (Å²) < 4.78 is 16.0. The van der Waals surface area contributed by atoms with Crippen molar-refractivity contribution in [2.75, 3.05) is 58.5 Å². The minimum Gasteiger partial charge on any atom is -0.497 e. The molecule has 2 aromatic rings. The van der Waals surface area contributed by atoms with Gasteiger partial charge >= 0.3 is 0 Å². The topological polar surface area (TPSA) is 80.3 Å². The Bertz CT molecular complexity index is 973. The minimum atomic E-state index is -0.408. The number of rotatable bonds is 9. The van der Waals surface area contributed by atoms with Gasteiger partial charge in [0, 0.05) is 31.7 Å². The molecular weight excluding hydrogens is 446 g/mol. The SMILES string of the molecule is COc1ccc(C2C(C(=O)NCCCN3CCOCC3)CCC(=O)N2c2ccc(OC)cc2)cc1. The second-order valence-electron chi connectivity index (χ2n) is 8.92. The van der Waals surface area contributed by atoms with Crippen molar-refractivity contribution in [2.45, 2.75) is 25.3 Å². The van der Waals surface area contributed by atoms with Crippen molar-refractivity contribution in [1.29, 1.82) is 0 Å². The third kappa shape index (κ3) is 6.13. The van der Waals surface area contributed by atoms with E-state index in [0.29, 0.717) is 25.1 Å². The van der Waals surface area contributed by atoms with Crippen molar-refractivity contribution in [3.05, 3.63) is 54.1 Å². The normalized spacial score (nSPS) is 21.0. The summed E-state index contributed by atoms with van der Waals surface area (Å²) in [6.45, 7) is 4.97. The van der Waals surface area contributed by atoms with Gasteiger partial charge in [-0.3, -0.25) is 14.5 Å². The van der Waals surface area contributed by atoms with Gasteiger partial charge in [-0.1, -0.05) is 12.1 Å². The minimum absolute atomic E-state index is 0.00681. The summed E-state index contributed by atoms with van der Waals surface area (Å²) in [6.07, 6.45) is 1.72. The first-order valence-electron chi connectivity index (χ1n) is 12.3. The van der Waals surface area contributed by atoms with E-state index in [1.807, 2.05) is 48.5 Å². The van der Waals surface area contributed by atoms with E-state index in [0.717, 1.165) is 56.3 Å². The fourth-order valence-corrected chi connectivity index (χ4v) is 4.87. The van der Waals surface area contributed by atoms with Gasteiger partial charge in [0.15, 0.2) is 0 Å². The van der Waals surface area contributed by atoms with Gasteiger partial charge in [0.05, 0.1) is 39.4 Å². The molecule has 2 saturated heterocycles. The van der Waals surface area contributed by atoms with Crippen LogP contribution in [0.1, 0.15) is 30.9 Å². The fraction of sp³-hybridized carbons (Fsp3) is 0.481. The number of anilines is 1. The van der Waals surface area contributed by atoms with Gasteiger partial charge in [0.2, 0.25) is 11.8 Å². The molecular formula is C27H35N3O5. The smallest absolute Gasteiger partial charge is 0.227 e. The van der Waals surface area contributed by atoms with E-state index in [9.17, 15) is 9.59 Å². The highest BCUT2D eigenvalue weighted by atomic mass is 16.5. The number of methoxy groups -OCH3 is 2. The summed E-state index contributed by atoms with van der Waals surface area (Å²) in [5.41, 5.74) is 1.66. The second-order valence-corrected chi connectivity index (χ2v) is 8.92. The molecule has 0 spiro atoms. The molecule has 2 aromatic carbocycles. The largest absolute Gasteiger partial charge is 0.497 e. The van der Waals surface area contributed by atoms with Crippen molar-refractivity contribution in [2.24, 2.45) is 5.92 Å². The summed E-state index contributed by atoms with van der Waals surface area (Å²) in [4.78, 5) is 30.7. The maximum Gasteiger partial charge on any atom is 0.227 e. The van der Waals surface area contributed by atoms with Gasteiger partial charge in [0.1, 0.15) is 11.5 Å². The number of carbonyl (C=O) groups excluding carboxylic acids is 2. The number of amides is 2. The van der Waals surface area contributed by atoms with Gasteiger partial charge < -0.3 is 24.4 Å². The Morgan fingerprint density at radius 2 is 1.63 bits per heavy atom. The van der Waals surface area contributed by atoms with Crippen molar-refractivity contribution in [1.82, 2.24) is 10.2 Å². The predicted octanol–water partition coefficient (Wildman–Crippen LogP) is 3.03. The molecule has 2 aliphatic heterocycles. The van der Waals surface area contributed by atoms with Crippen LogP contribution in [0.4, 0.5) is 5.69 Å². The third-order valence-corrected chi connectivity index (χ3v) is 6.80. The van der Waals surface area contributed by atoms with E-state index < -0.39 is 6.04 Å². The van der Waals surface area contributed by atoms with E-state index in [1.165, 1.54) is 0 Å². The van der Waals surface area contributed by atoms with E-state index >= 15 is 0 Å². The fourth-order valence-electron chi connectivity index (χ4n) is 4.87. The molecule has 1 N–H and O–H groups in total. The van der Waals surface area contributed by atoms with E-state index in [1.54, 1.807) is 19.1 Å². The summed E-state index contributed by atoms with van der Waals surface area (Å²) in [7, 11) is 3.23. The lowest BCUT2D eigenvalue weighted by Gasteiger charge is -2.41. The quantitative estimate of drug-likeness (QED) is 0.555. The third-order valence-electron chi connectivity index (χ3n) is 6.80. The molecule has 4 rings (SSSR count). The standard InChI is InChI=1S/C27H35N3O5/c1-33-22-8-4-20(5-9-22)26-24(27(32)28-14-3-15-29-16-18-35-19-17-29)12-13-25(31)30(26)21-6-10-23(34-2)11-7-21/h4-11,24,26H,3,12-19H2,1-2H3,(H,28,32). The molecule has 2 aliphatic rings. The number of morpholine rings is 1. The Kier molecular flexibility index (Phi) is 8.60. The van der Waals surface area contributed by atoms with Crippen LogP contribution in [0.5, 0.6) is 11.5 Å². The average molecular weight is 482 g/mol. The Hall–Kier alpha value is -3.10. The van der Waals surface area contributed by atoms with E-state index in [4.69, 9.17) is 14.2 Å². The van der Waals surface area contributed by atoms with Crippen LogP contribution >= 0.6 is 0 Å². The van der Waals surface area contributed by atoms with Crippen LogP contribution in [-0.2, 0) is 14.3 Å². The van der Waals surface area contributed by atoms with Crippen molar-refractivity contribution >= 4 is 17.5 Å². The molecule has 8 nitrogen and oxygen atoms in total. The lowest BCUT2D eigenvalue weighted by molar-refractivity contribution is -0.129. The Balaban J connectivity index is 1.52. The molecule has 35 heavy (non-hydrogen) atoms. The molecule has 0 aromatic heterocycles. The van der Waals surface area contributed by atoms with Crippen LogP contribution in [0.15, 0.2) is 48.5 Å². The lowest BCUT2D eigenvalue weighted by Crippen LogP contribution is -2.48. The summed E-state index contributed by atoms with van der Waals surface area (Å²) >= 11 is 0. The molecule has 2 atom stereocenters. The van der Waals surface area contributed by atoms with Crippen LogP contribution in [0.25, 0.3) is 0 Å². The lowest BCUT2D eigenvalue weighted by atomic mass is 9.83. The first-order valence-corrected chi connectivity index (χ1v) is 12.3. The zero-order chi connectivity index (χ0) is 24.6. The molecule has 0 aliphatic carbocycles. The molecule has 0 radical (unpaired) electrons. The Labute approximate surface area is 207 Å². The maximum absolute atomic E-state index is 13.4. The van der Waals surface area contributed by atoms with Gasteiger partial charge in [-0.25, -0.2) is 0 Å². The number of hydrogen-bond acceptors (Lipinski definition) is 6. The highest BCUT2D eigenvalue weighted by Crippen LogP contribution is 2.40. The zero-order valence-corrected chi connectivity index (χ0v) is 20.6. The number of nitrogens with one attached hydrogen (secondary N) is 1. The Morgan fingerprint density at radius 3 is 2.26 bits per heavy atom. The highest BCUT2D eigenvalue weighted by Gasteiger charge is 2.41. The molecule has 8 heteroatoms. The molecule has 2 heterocycles. The number of nitrogens with zero attached hydrogens (tertiary/aromatic N) is 2. The molecule has 0 saturated carbocycles. The van der Waals surface area contributed by atoms with Crippen molar-refractivity contribution in [3.63, 3.8) is 0 Å². The second kappa shape index (κ2) is 12.0. The van der Waals surface area contributed by atoms with Crippen LogP contribution in [0.3, 0.4) is 0 Å².